The maximum Gasteiger partial charge on any atom is 0.163 e. The summed E-state index contributed by atoms with van der Waals surface area (Å²) in [5.41, 5.74) is 1.13. The number of benzene rings is 1. The van der Waals surface area contributed by atoms with Gasteiger partial charge in [0.15, 0.2) is 11.5 Å². The second kappa shape index (κ2) is 7.58. The summed E-state index contributed by atoms with van der Waals surface area (Å²) in [5, 5.41) is 3.66. The minimum absolute atomic E-state index is 0.573. The van der Waals surface area contributed by atoms with Gasteiger partial charge in [-0.25, -0.2) is 0 Å². The lowest BCUT2D eigenvalue weighted by Gasteiger charge is -2.33. The van der Waals surface area contributed by atoms with Crippen LogP contribution in [-0.4, -0.2) is 19.3 Å². The maximum atomic E-state index is 5.69. The first-order valence-electron chi connectivity index (χ1n) is 8.30. The van der Waals surface area contributed by atoms with Crippen molar-refractivity contribution in [3.8, 4) is 11.5 Å². The molecule has 3 atom stereocenters. The van der Waals surface area contributed by atoms with Gasteiger partial charge >= 0.3 is 0 Å². The molecule has 0 amide bonds. The average molecular weight is 291 g/mol. The van der Waals surface area contributed by atoms with E-state index in [2.05, 4.69) is 31.3 Å². The molecule has 118 valence electrons. The highest BCUT2D eigenvalue weighted by Gasteiger charge is 2.24. The summed E-state index contributed by atoms with van der Waals surface area (Å²) in [6.07, 6.45) is 3.81. The Morgan fingerprint density at radius 3 is 2.38 bits per heavy atom. The molecule has 2 rings (SSSR count). The van der Waals surface area contributed by atoms with E-state index in [9.17, 15) is 0 Å². The fourth-order valence-electron chi connectivity index (χ4n) is 3.06. The summed E-state index contributed by atoms with van der Waals surface area (Å²) in [6, 6.07) is 6.74. The van der Waals surface area contributed by atoms with Gasteiger partial charge in [-0.1, -0.05) is 13.8 Å². The average Bonchev–Trinajstić information content (AvgIpc) is 2.46. The van der Waals surface area contributed by atoms with Crippen molar-refractivity contribution in [3.05, 3.63) is 18.2 Å². The van der Waals surface area contributed by atoms with Gasteiger partial charge in [-0.15, -0.1) is 0 Å². The zero-order chi connectivity index (χ0) is 15.2. The molecule has 1 aromatic carbocycles. The molecule has 1 aliphatic carbocycles. The molecule has 21 heavy (non-hydrogen) atoms. The molecule has 1 fully saturated rings. The minimum Gasteiger partial charge on any atom is -0.490 e. The Hall–Kier alpha value is -1.38. The summed E-state index contributed by atoms with van der Waals surface area (Å²) in [4.78, 5) is 0. The molecule has 3 nitrogen and oxygen atoms in total. The predicted octanol–water partition coefficient (Wildman–Crippen LogP) is 4.72. The Labute approximate surface area is 129 Å². The zero-order valence-corrected chi connectivity index (χ0v) is 13.8. The van der Waals surface area contributed by atoms with Crippen molar-refractivity contribution in [2.75, 3.05) is 18.5 Å². The number of anilines is 1. The third-order valence-corrected chi connectivity index (χ3v) is 4.51. The molecule has 3 heteroatoms. The normalized spacial score (nSPS) is 25.4. The van der Waals surface area contributed by atoms with Crippen LogP contribution >= 0.6 is 0 Å². The Morgan fingerprint density at radius 1 is 1.00 bits per heavy atom. The van der Waals surface area contributed by atoms with Crippen LogP contribution in [0.3, 0.4) is 0 Å². The van der Waals surface area contributed by atoms with E-state index in [0.29, 0.717) is 19.3 Å². The number of hydrogen-bond donors (Lipinski definition) is 1. The summed E-state index contributed by atoms with van der Waals surface area (Å²) in [6.45, 7) is 10.0. The summed E-state index contributed by atoms with van der Waals surface area (Å²) < 4.78 is 11.3. The molecule has 0 aliphatic heterocycles. The van der Waals surface area contributed by atoms with Crippen LogP contribution in [0.2, 0.25) is 0 Å². The van der Waals surface area contributed by atoms with Gasteiger partial charge in [-0.05, 0) is 57.1 Å². The smallest absolute Gasteiger partial charge is 0.163 e. The molecule has 0 bridgehead atoms. The summed E-state index contributed by atoms with van der Waals surface area (Å²) >= 11 is 0. The third-order valence-electron chi connectivity index (χ3n) is 4.51. The van der Waals surface area contributed by atoms with Crippen LogP contribution in [0.4, 0.5) is 5.69 Å². The van der Waals surface area contributed by atoms with Gasteiger partial charge in [-0.2, -0.15) is 0 Å². The van der Waals surface area contributed by atoms with Gasteiger partial charge < -0.3 is 14.8 Å². The first-order valence-corrected chi connectivity index (χ1v) is 8.30. The van der Waals surface area contributed by atoms with Crippen LogP contribution in [0.1, 0.15) is 47.0 Å². The van der Waals surface area contributed by atoms with E-state index in [-0.39, 0.29) is 0 Å². The summed E-state index contributed by atoms with van der Waals surface area (Å²) in [5.74, 6) is 3.31. The highest BCUT2D eigenvalue weighted by molar-refractivity contribution is 5.55. The molecule has 0 aromatic heterocycles. The van der Waals surface area contributed by atoms with Crippen LogP contribution in [0, 0.1) is 11.8 Å². The molecule has 1 saturated carbocycles. The van der Waals surface area contributed by atoms with Crippen LogP contribution in [-0.2, 0) is 0 Å². The fourth-order valence-corrected chi connectivity index (χ4v) is 3.06. The van der Waals surface area contributed by atoms with Crippen molar-refractivity contribution in [2.45, 2.75) is 53.0 Å². The van der Waals surface area contributed by atoms with E-state index in [0.717, 1.165) is 29.0 Å². The van der Waals surface area contributed by atoms with E-state index in [1.807, 2.05) is 19.9 Å². The lowest BCUT2D eigenvalue weighted by atomic mass is 9.79. The van der Waals surface area contributed by atoms with Gasteiger partial charge in [0, 0.05) is 17.8 Å². The van der Waals surface area contributed by atoms with Gasteiger partial charge in [0.05, 0.1) is 13.2 Å². The number of rotatable bonds is 6. The van der Waals surface area contributed by atoms with Gasteiger partial charge in [0.25, 0.3) is 0 Å². The minimum atomic E-state index is 0.573. The van der Waals surface area contributed by atoms with Gasteiger partial charge in [0.2, 0.25) is 0 Å². The molecule has 0 heterocycles. The van der Waals surface area contributed by atoms with Crippen LogP contribution in [0.15, 0.2) is 18.2 Å². The topological polar surface area (TPSA) is 30.5 Å². The van der Waals surface area contributed by atoms with E-state index >= 15 is 0 Å². The first kappa shape index (κ1) is 16.0. The number of nitrogens with one attached hydrogen (secondary N) is 1. The van der Waals surface area contributed by atoms with Gasteiger partial charge in [-0.3, -0.25) is 0 Å². The van der Waals surface area contributed by atoms with Crippen molar-refractivity contribution in [1.82, 2.24) is 0 Å². The van der Waals surface area contributed by atoms with E-state index < -0.39 is 0 Å². The Morgan fingerprint density at radius 2 is 1.71 bits per heavy atom. The predicted molar refractivity (Wildman–Crippen MR) is 88.4 cm³/mol. The molecule has 1 aromatic rings. The van der Waals surface area contributed by atoms with Crippen LogP contribution in [0.25, 0.3) is 0 Å². The molecular weight excluding hydrogens is 262 g/mol. The van der Waals surface area contributed by atoms with E-state index in [1.54, 1.807) is 0 Å². The second-order valence-corrected chi connectivity index (χ2v) is 6.14. The van der Waals surface area contributed by atoms with Crippen molar-refractivity contribution < 1.29 is 9.47 Å². The standard InChI is InChI=1S/C18H29NO2/c1-5-20-17-10-9-16(12-18(17)21-6-2)19-15-8-7-13(3)14(4)11-15/h9-10,12-15,19H,5-8,11H2,1-4H3. The monoisotopic (exact) mass is 291 g/mol. The SMILES string of the molecule is CCOc1ccc(NC2CCC(C)C(C)C2)cc1OCC. The highest BCUT2D eigenvalue weighted by Crippen LogP contribution is 2.34. The zero-order valence-electron chi connectivity index (χ0n) is 13.8. The lowest BCUT2D eigenvalue weighted by Crippen LogP contribution is -2.30. The fraction of sp³-hybridized carbons (Fsp3) is 0.667. The molecule has 0 saturated heterocycles. The molecule has 3 unspecified atom stereocenters. The quantitative estimate of drug-likeness (QED) is 0.822. The Balaban J connectivity index is 2.04. The molecule has 0 radical (unpaired) electrons. The number of ether oxygens (including phenoxy) is 2. The summed E-state index contributed by atoms with van der Waals surface area (Å²) in [7, 11) is 0. The van der Waals surface area contributed by atoms with Crippen LogP contribution in [0.5, 0.6) is 11.5 Å². The lowest BCUT2D eigenvalue weighted by molar-refractivity contribution is 0.260. The second-order valence-electron chi connectivity index (χ2n) is 6.14. The largest absolute Gasteiger partial charge is 0.490 e. The van der Waals surface area contributed by atoms with Crippen LogP contribution < -0.4 is 14.8 Å². The van der Waals surface area contributed by atoms with Crippen molar-refractivity contribution in [1.29, 1.82) is 0 Å². The van der Waals surface area contributed by atoms with E-state index in [4.69, 9.17) is 9.47 Å². The maximum absolute atomic E-state index is 5.69. The molecule has 1 aliphatic rings. The van der Waals surface area contributed by atoms with E-state index in [1.165, 1.54) is 19.3 Å². The third kappa shape index (κ3) is 4.29. The Kier molecular flexibility index (Phi) is 5.77. The van der Waals surface area contributed by atoms with Crippen molar-refractivity contribution in [3.63, 3.8) is 0 Å². The van der Waals surface area contributed by atoms with Crippen molar-refractivity contribution >= 4 is 5.69 Å². The molecule has 1 N–H and O–H groups in total. The van der Waals surface area contributed by atoms with Gasteiger partial charge in [0.1, 0.15) is 0 Å². The Bertz CT molecular complexity index is 447. The van der Waals surface area contributed by atoms with Crippen molar-refractivity contribution in [2.24, 2.45) is 11.8 Å². The first-order chi connectivity index (χ1) is 10.1. The highest BCUT2D eigenvalue weighted by atomic mass is 16.5. The molecular formula is C18H29NO2. The molecule has 0 spiro atoms. The number of hydrogen-bond acceptors (Lipinski definition) is 3.